The van der Waals surface area contributed by atoms with E-state index in [1.165, 1.54) is 16.0 Å². The predicted octanol–water partition coefficient (Wildman–Crippen LogP) is 7.00. The minimum atomic E-state index is -0.240. The van der Waals surface area contributed by atoms with Crippen molar-refractivity contribution >= 4 is 29.0 Å². The number of imide groups is 1. The Morgan fingerprint density at radius 1 is 0.794 bits per heavy atom. The highest BCUT2D eigenvalue weighted by atomic mass is 32.2. The van der Waals surface area contributed by atoms with Crippen LogP contribution in [-0.2, 0) is 11.3 Å². The standard InChI is InChI=1S/C29H24N2O2S/c1-20-17-25(18-27-28(32)30(29(33)34-27)19-22-9-5-3-6-10-22)21(2)31(20)26-15-13-24(14-16-26)23-11-7-4-8-12-23/h3-18H,19H2,1-2H3/b27-18-. The fraction of sp³-hybridized carbons (Fsp3) is 0.103. The molecule has 0 spiro atoms. The second-order valence-corrected chi connectivity index (χ2v) is 9.32. The molecule has 0 radical (unpaired) electrons. The first kappa shape index (κ1) is 22.0. The maximum atomic E-state index is 13.0. The van der Waals surface area contributed by atoms with E-state index in [2.05, 4.69) is 54.0 Å². The summed E-state index contributed by atoms with van der Waals surface area (Å²) < 4.78 is 2.18. The number of aromatic nitrogens is 1. The van der Waals surface area contributed by atoms with E-state index in [0.29, 0.717) is 4.91 Å². The molecule has 0 bridgehead atoms. The lowest BCUT2D eigenvalue weighted by Crippen LogP contribution is -2.27. The van der Waals surface area contributed by atoms with Crippen molar-refractivity contribution in [2.75, 3.05) is 0 Å². The van der Waals surface area contributed by atoms with Crippen molar-refractivity contribution in [2.45, 2.75) is 20.4 Å². The highest BCUT2D eigenvalue weighted by molar-refractivity contribution is 8.18. The normalized spacial score (nSPS) is 14.9. The Hall–Kier alpha value is -3.83. The number of hydrogen-bond acceptors (Lipinski definition) is 3. The number of aryl methyl sites for hydroxylation is 1. The molecule has 4 nitrogen and oxygen atoms in total. The third kappa shape index (κ3) is 4.22. The van der Waals surface area contributed by atoms with E-state index in [9.17, 15) is 9.59 Å². The number of carbonyl (C=O) groups excluding carboxylic acids is 2. The highest BCUT2D eigenvalue weighted by Gasteiger charge is 2.35. The Morgan fingerprint density at radius 3 is 2.09 bits per heavy atom. The maximum Gasteiger partial charge on any atom is 0.293 e. The smallest absolute Gasteiger partial charge is 0.293 e. The number of rotatable bonds is 5. The Bertz CT molecular complexity index is 1390. The Balaban J connectivity index is 1.41. The van der Waals surface area contributed by atoms with Crippen LogP contribution in [0.1, 0.15) is 22.5 Å². The van der Waals surface area contributed by atoms with Crippen LogP contribution in [0.3, 0.4) is 0 Å². The fourth-order valence-electron chi connectivity index (χ4n) is 4.31. The lowest BCUT2D eigenvalue weighted by molar-refractivity contribution is -0.123. The molecule has 0 atom stereocenters. The molecule has 1 aromatic heterocycles. The molecule has 34 heavy (non-hydrogen) atoms. The molecule has 2 heterocycles. The van der Waals surface area contributed by atoms with Gasteiger partial charge in [0.15, 0.2) is 0 Å². The summed E-state index contributed by atoms with van der Waals surface area (Å²) in [5.41, 5.74) is 7.38. The summed E-state index contributed by atoms with van der Waals surface area (Å²) in [7, 11) is 0. The van der Waals surface area contributed by atoms with Gasteiger partial charge in [-0.05, 0) is 72.1 Å². The molecule has 1 aliphatic heterocycles. The van der Waals surface area contributed by atoms with Gasteiger partial charge in [-0.25, -0.2) is 0 Å². The van der Waals surface area contributed by atoms with Crippen molar-refractivity contribution in [2.24, 2.45) is 0 Å². The van der Waals surface area contributed by atoms with Gasteiger partial charge in [-0.1, -0.05) is 72.8 Å². The molecule has 168 valence electrons. The van der Waals surface area contributed by atoms with Crippen molar-refractivity contribution in [1.82, 2.24) is 9.47 Å². The third-order valence-corrected chi connectivity index (χ3v) is 6.95. The molecule has 1 fully saturated rings. The Kier molecular flexibility index (Phi) is 5.95. The first-order chi connectivity index (χ1) is 16.5. The minimum absolute atomic E-state index is 0.231. The van der Waals surface area contributed by atoms with Gasteiger partial charge < -0.3 is 4.57 Å². The van der Waals surface area contributed by atoms with Gasteiger partial charge in [-0.15, -0.1) is 0 Å². The van der Waals surface area contributed by atoms with Crippen LogP contribution in [0.5, 0.6) is 0 Å². The van der Waals surface area contributed by atoms with Gasteiger partial charge in [0.25, 0.3) is 11.1 Å². The molecular formula is C29H24N2O2S. The summed E-state index contributed by atoms with van der Waals surface area (Å²) in [6.07, 6.45) is 1.84. The highest BCUT2D eigenvalue weighted by Crippen LogP contribution is 2.35. The van der Waals surface area contributed by atoms with Gasteiger partial charge in [-0.2, -0.15) is 0 Å². The summed E-state index contributed by atoms with van der Waals surface area (Å²) in [6, 6.07) is 30.4. The maximum absolute atomic E-state index is 13.0. The number of nitrogens with zero attached hydrogens (tertiary/aromatic N) is 2. The molecule has 1 saturated heterocycles. The fourth-order valence-corrected chi connectivity index (χ4v) is 5.14. The summed E-state index contributed by atoms with van der Waals surface area (Å²) in [6.45, 7) is 4.38. The number of amides is 2. The summed E-state index contributed by atoms with van der Waals surface area (Å²) in [5.74, 6) is -0.240. The van der Waals surface area contributed by atoms with Gasteiger partial charge in [-0.3, -0.25) is 14.5 Å². The molecule has 5 heteroatoms. The van der Waals surface area contributed by atoms with E-state index in [4.69, 9.17) is 0 Å². The number of benzene rings is 3. The Labute approximate surface area is 203 Å². The second kappa shape index (κ2) is 9.20. The molecular weight excluding hydrogens is 440 g/mol. The quantitative estimate of drug-likeness (QED) is 0.299. The van der Waals surface area contributed by atoms with Gasteiger partial charge in [0.1, 0.15) is 0 Å². The number of hydrogen-bond donors (Lipinski definition) is 0. The lowest BCUT2D eigenvalue weighted by atomic mass is 10.1. The van der Waals surface area contributed by atoms with E-state index >= 15 is 0 Å². The van der Waals surface area contributed by atoms with Crippen LogP contribution in [-0.4, -0.2) is 20.6 Å². The zero-order valence-corrected chi connectivity index (χ0v) is 19.9. The molecule has 0 saturated carbocycles. The monoisotopic (exact) mass is 464 g/mol. The molecule has 4 aromatic rings. The van der Waals surface area contributed by atoms with Crippen LogP contribution < -0.4 is 0 Å². The van der Waals surface area contributed by atoms with Crippen LogP contribution in [0.4, 0.5) is 4.79 Å². The van der Waals surface area contributed by atoms with E-state index < -0.39 is 0 Å². The van der Waals surface area contributed by atoms with Gasteiger partial charge in [0, 0.05) is 17.1 Å². The van der Waals surface area contributed by atoms with Crippen molar-refractivity contribution in [1.29, 1.82) is 0 Å². The number of thioether (sulfide) groups is 1. The largest absolute Gasteiger partial charge is 0.318 e. The summed E-state index contributed by atoms with van der Waals surface area (Å²) >= 11 is 1.00. The second-order valence-electron chi connectivity index (χ2n) is 8.33. The van der Waals surface area contributed by atoms with Crippen LogP contribution in [0, 0.1) is 13.8 Å². The number of carbonyl (C=O) groups is 2. The topological polar surface area (TPSA) is 42.3 Å². The van der Waals surface area contributed by atoms with Crippen LogP contribution >= 0.6 is 11.8 Å². The zero-order valence-electron chi connectivity index (χ0n) is 19.1. The van der Waals surface area contributed by atoms with Crippen LogP contribution in [0.2, 0.25) is 0 Å². The first-order valence-electron chi connectivity index (χ1n) is 11.2. The molecule has 2 amide bonds. The average Bonchev–Trinajstić information content (AvgIpc) is 3.29. The summed E-state index contributed by atoms with van der Waals surface area (Å²) in [5, 5.41) is -0.231. The van der Waals surface area contributed by atoms with E-state index in [1.54, 1.807) is 0 Å². The molecule has 0 N–H and O–H groups in total. The van der Waals surface area contributed by atoms with Crippen LogP contribution in [0.15, 0.2) is 95.9 Å². The third-order valence-electron chi connectivity index (χ3n) is 6.05. The molecule has 3 aromatic carbocycles. The molecule has 1 aliphatic rings. The first-order valence-corrected chi connectivity index (χ1v) is 12.0. The van der Waals surface area contributed by atoms with E-state index in [0.717, 1.165) is 40.0 Å². The summed E-state index contributed by atoms with van der Waals surface area (Å²) in [4.78, 5) is 27.3. The average molecular weight is 465 g/mol. The van der Waals surface area contributed by atoms with Gasteiger partial charge >= 0.3 is 0 Å². The zero-order chi connectivity index (χ0) is 23.7. The lowest BCUT2D eigenvalue weighted by Gasteiger charge is -2.12. The van der Waals surface area contributed by atoms with E-state index in [1.807, 2.05) is 61.5 Å². The molecule has 5 rings (SSSR count). The van der Waals surface area contributed by atoms with Crippen LogP contribution in [0.25, 0.3) is 22.9 Å². The van der Waals surface area contributed by atoms with Gasteiger partial charge in [0.05, 0.1) is 11.4 Å². The SMILES string of the molecule is Cc1cc(/C=C2\SC(=O)N(Cc3ccccc3)C2=O)c(C)n1-c1ccc(-c2ccccc2)cc1. The van der Waals surface area contributed by atoms with Crippen molar-refractivity contribution < 1.29 is 9.59 Å². The minimum Gasteiger partial charge on any atom is -0.318 e. The van der Waals surface area contributed by atoms with Crippen molar-refractivity contribution in [3.63, 3.8) is 0 Å². The van der Waals surface area contributed by atoms with Crippen molar-refractivity contribution in [3.8, 4) is 16.8 Å². The van der Waals surface area contributed by atoms with E-state index in [-0.39, 0.29) is 17.7 Å². The molecule has 0 aliphatic carbocycles. The Morgan fingerprint density at radius 2 is 1.41 bits per heavy atom. The molecule has 0 unspecified atom stereocenters. The van der Waals surface area contributed by atoms with Gasteiger partial charge in [0.2, 0.25) is 0 Å². The predicted molar refractivity (Wildman–Crippen MR) is 139 cm³/mol. The van der Waals surface area contributed by atoms with Crippen molar-refractivity contribution in [3.05, 3.63) is 118 Å².